The van der Waals surface area contributed by atoms with E-state index < -0.39 is 0 Å². The molecule has 1 aromatic rings. The monoisotopic (exact) mass is 155 g/mol. The number of hydrogen-bond acceptors (Lipinski definition) is 3. The third-order valence-corrected chi connectivity index (χ3v) is 1.93. The molecule has 0 bridgehead atoms. The molecule has 6 N–H and O–H groups in total. The molecule has 0 fully saturated rings. The van der Waals surface area contributed by atoms with Crippen molar-refractivity contribution in [2.24, 2.45) is 0 Å². The molecule has 4 heteroatoms. The van der Waals surface area contributed by atoms with Gasteiger partial charge >= 0.3 is 0 Å². The normalized spacial score (nSPS) is 9.70. The topological polar surface area (TPSA) is 78.1 Å². The van der Waals surface area contributed by atoms with Crippen molar-refractivity contribution in [3.63, 3.8) is 0 Å². The minimum absolute atomic E-state index is 0.598. The van der Waals surface area contributed by atoms with Crippen molar-refractivity contribution in [1.29, 1.82) is 0 Å². The molecule has 0 aliphatic carbocycles. The maximum absolute atomic E-state index is 5.54. The third-order valence-electron chi connectivity index (χ3n) is 1.27. The van der Waals surface area contributed by atoms with E-state index in [1.807, 2.05) is 0 Å². The van der Waals surface area contributed by atoms with Crippen molar-refractivity contribution in [1.82, 2.24) is 0 Å². The molecule has 10 heavy (non-hydrogen) atoms. The van der Waals surface area contributed by atoms with E-state index in [2.05, 4.69) is 9.24 Å². The molecular formula is C6H10N3P. The standard InChI is InChI=1S/C6H10N3P/c7-3-1-4(8)6(10)5(9)2-3/h1-2H,7-10H2. The van der Waals surface area contributed by atoms with Crippen LogP contribution in [0, 0.1) is 0 Å². The number of hydrogen-bond donors (Lipinski definition) is 3. The van der Waals surface area contributed by atoms with Crippen LogP contribution < -0.4 is 22.5 Å². The lowest BCUT2D eigenvalue weighted by Gasteiger charge is -2.04. The molecule has 0 saturated carbocycles. The van der Waals surface area contributed by atoms with E-state index in [9.17, 15) is 0 Å². The van der Waals surface area contributed by atoms with Crippen LogP contribution >= 0.6 is 9.24 Å². The Morgan fingerprint density at radius 3 is 1.80 bits per heavy atom. The first-order chi connectivity index (χ1) is 4.61. The van der Waals surface area contributed by atoms with E-state index in [1.54, 1.807) is 12.1 Å². The molecule has 1 unspecified atom stereocenters. The first-order valence-corrected chi connectivity index (χ1v) is 3.39. The van der Waals surface area contributed by atoms with Gasteiger partial charge in [0.15, 0.2) is 0 Å². The van der Waals surface area contributed by atoms with Gasteiger partial charge in [0, 0.05) is 22.4 Å². The quantitative estimate of drug-likeness (QED) is 0.362. The van der Waals surface area contributed by atoms with E-state index >= 15 is 0 Å². The molecule has 54 valence electrons. The van der Waals surface area contributed by atoms with Gasteiger partial charge < -0.3 is 17.2 Å². The van der Waals surface area contributed by atoms with Crippen LogP contribution in [0.2, 0.25) is 0 Å². The predicted molar refractivity (Wildman–Crippen MR) is 49.0 cm³/mol. The van der Waals surface area contributed by atoms with Crippen molar-refractivity contribution >= 4 is 31.6 Å². The lowest BCUT2D eigenvalue weighted by Crippen LogP contribution is -2.08. The molecule has 3 nitrogen and oxygen atoms in total. The van der Waals surface area contributed by atoms with Crippen LogP contribution in [-0.4, -0.2) is 0 Å². The average Bonchev–Trinajstić information content (AvgIpc) is 1.82. The number of nitrogens with two attached hydrogens (primary N) is 3. The Balaban J connectivity index is 3.31. The molecule has 1 aromatic carbocycles. The van der Waals surface area contributed by atoms with Gasteiger partial charge in [0.05, 0.1) is 0 Å². The van der Waals surface area contributed by atoms with E-state index in [-0.39, 0.29) is 0 Å². The molecule has 0 aromatic heterocycles. The van der Waals surface area contributed by atoms with Gasteiger partial charge in [-0.3, -0.25) is 0 Å². The number of rotatable bonds is 0. The first kappa shape index (κ1) is 7.16. The lowest BCUT2D eigenvalue weighted by molar-refractivity contribution is 1.69. The van der Waals surface area contributed by atoms with Crippen molar-refractivity contribution in [2.45, 2.75) is 0 Å². The number of benzene rings is 1. The summed E-state index contributed by atoms with van der Waals surface area (Å²) in [4.78, 5) is 0. The third kappa shape index (κ3) is 1.14. The summed E-state index contributed by atoms with van der Waals surface area (Å²) in [5.74, 6) is 0. The first-order valence-electron chi connectivity index (χ1n) is 2.81. The molecule has 0 heterocycles. The fraction of sp³-hybridized carbons (Fsp3) is 0. The summed E-state index contributed by atoms with van der Waals surface area (Å²) >= 11 is 0. The summed E-state index contributed by atoms with van der Waals surface area (Å²) in [5.41, 5.74) is 18.4. The zero-order valence-corrected chi connectivity index (χ0v) is 6.62. The molecule has 0 aliphatic heterocycles. The van der Waals surface area contributed by atoms with Crippen LogP contribution in [0.25, 0.3) is 0 Å². The highest BCUT2D eigenvalue weighted by Gasteiger charge is 1.98. The van der Waals surface area contributed by atoms with E-state index in [4.69, 9.17) is 17.2 Å². The lowest BCUT2D eigenvalue weighted by atomic mass is 10.2. The van der Waals surface area contributed by atoms with Crippen molar-refractivity contribution in [2.75, 3.05) is 17.2 Å². The fourth-order valence-corrected chi connectivity index (χ4v) is 0.890. The van der Waals surface area contributed by atoms with Crippen LogP contribution in [-0.2, 0) is 0 Å². The van der Waals surface area contributed by atoms with Gasteiger partial charge in [0.2, 0.25) is 0 Å². The zero-order valence-electron chi connectivity index (χ0n) is 5.46. The molecular weight excluding hydrogens is 145 g/mol. The molecule has 0 radical (unpaired) electrons. The average molecular weight is 155 g/mol. The van der Waals surface area contributed by atoms with Crippen molar-refractivity contribution in [3.8, 4) is 0 Å². The van der Waals surface area contributed by atoms with Crippen LogP contribution in [0.1, 0.15) is 0 Å². The maximum atomic E-state index is 5.54. The smallest absolute Gasteiger partial charge is 0.0428 e. The fourth-order valence-electron chi connectivity index (χ4n) is 0.723. The summed E-state index contributed by atoms with van der Waals surface area (Å²) in [5, 5.41) is 0.814. The van der Waals surface area contributed by atoms with Crippen LogP contribution in [0.15, 0.2) is 12.1 Å². The minimum atomic E-state index is 0.598. The van der Waals surface area contributed by atoms with Gasteiger partial charge in [-0.15, -0.1) is 9.24 Å². The SMILES string of the molecule is Nc1cc(N)c(P)c(N)c1. The Morgan fingerprint density at radius 2 is 1.40 bits per heavy atom. The molecule has 1 rings (SSSR count). The summed E-state index contributed by atoms with van der Waals surface area (Å²) in [6.45, 7) is 0. The predicted octanol–water partition coefficient (Wildman–Crippen LogP) is -0.0664. The van der Waals surface area contributed by atoms with E-state index in [0.717, 1.165) is 5.30 Å². The molecule has 0 spiro atoms. The Bertz CT molecular complexity index is 236. The van der Waals surface area contributed by atoms with Gasteiger partial charge in [0.1, 0.15) is 0 Å². The van der Waals surface area contributed by atoms with Gasteiger partial charge in [0.25, 0.3) is 0 Å². The molecule has 0 aliphatic rings. The second-order valence-corrected chi connectivity index (χ2v) is 2.69. The summed E-state index contributed by atoms with van der Waals surface area (Å²) in [6, 6.07) is 3.36. The van der Waals surface area contributed by atoms with Crippen molar-refractivity contribution < 1.29 is 0 Å². The summed E-state index contributed by atoms with van der Waals surface area (Å²) in [6.07, 6.45) is 0. The molecule has 1 atom stereocenters. The summed E-state index contributed by atoms with van der Waals surface area (Å²) in [7, 11) is 2.46. The van der Waals surface area contributed by atoms with Gasteiger partial charge in [-0.2, -0.15) is 0 Å². The Morgan fingerprint density at radius 1 is 1.00 bits per heavy atom. The van der Waals surface area contributed by atoms with Crippen LogP contribution in [0.3, 0.4) is 0 Å². The minimum Gasteiger partial charge on any atom is -0.399 e. The Kier molecular flexibility index (Phi) is 1.68. The Hall–Kier alpha value is -0.950. The highest BCUT2D eigenvalue weighted by molar-refractivity contribution is 7.28. The summed E-state index contributed by atoms with van der Waals surface area (Å²) < 4.78 is 0. The van der Waals surface area contributed by atoms with Crippen LogP contribution in [0.4, 0.5) is 17.1 Å². The van der Waals surface area contributed by atoms with Gasteiger partial charge in [-0.25, -0.2) is 0 Å². The molecule has 0 amide bonds. The van der Waals surface area contributed by atoms with E-state index in [0.29, 0.717) is 17.1 Å². The largest absolute Gasteiger partial charge is 0.399 e. The van der Waals surface area contributed by atoms with Gasteiger partial charge in [-0.1, -0.05) is 0 Å². The number of nitrogen functional groups attached to an aromatic ring is 3. The van der Waals surface area contributed by atoms with Crippen molar-refractivity contribution in [3.05, 3.63) is 12.1 Å². The van der Waals surface area contributed by atoms with E-state index in [1.165, 1.54) is 0 Å². The highest BCUT2D eigenvalue weighted by Crippen LogP contribution is 2.15. The second kappa shape index (κ2) is 2.35. The second-order valence-electron chi connectivity index (χ2n) is 2.11. The molecule has 0 saturated heterocycles. The highest BCUT2D eigenvalue weighted by atomic mass is 31.0. The van der Waals surface area contributed by atoms with Crippen LogP contribution in [0.5, 0.6) is 0 Å². The Labute approximate surface area is 61.8 Å². The van der Waals surface area contributed by atoms with Gasteiger partial charge in [-0.05, 0) is 12.1 Å². The maximum Gasteiger partial charge on any atom is 0.0428 e. The zero-order chi connectivity index (χ0) is 7.72. The number of anilines is 3.